The number of carbonyl (C=O) groups excluding carboxylic acids is 1. The van der Waals surface area contributed by atoms with Crippen LogP contribution in [0, 0.1) is 0 Å². The molecule has 1 amide bonds. The quantitative estimate of drug-likeness (QED) is 0.0876. The van der Waals surface area contributed by atoms with Crippen LogP contribution in [0.1, 0.15) is 213 Å². The first-order chi connectivity index (χ1) is 18.3. The lowest BCUT2D eigenvalue weighted by molar-refractivity contribution is -0.121. The normalized spacial score (nSPS) is 11.3. The standard InChI is InChI=1S/C35H71NO/c1-3-5-7-9-11-13-15-17-19-21-23-25-27-29-31-33-35(37)36-34-32-30-28-26-24-22-20-18-16-14-12-10-8-6-4-2/h3-34H2,1-2H3,(H,36,37). The summed E-state index contributed by atoms with van der Waals surface area (Å²) in [5.74, 6) is 0.278. The molecule has 2 heteroatoms. The molecule has 0 heterocycles. The zero-order valence-corrected chi connectivity index (χ0v) is 26.0. The van der Waals surface area contributed by atoms with Crippen LogP contribution in [0.25, 0.3) is 0 Å². The van der Waals surface area contributed by atoms with Gasteiger partial charge in [-0.2, -0.15) is 0 Å². The van der Waals surface area contributed by atoms with E-state index in [4.69, 9.17) is 0 Å². The van der Waals surface area contributed by atoms with Crippen LogP contribution in [0.15, 0.2) is 0 Å². The minimum absolute atomic E-state index is 0.278. The number of unbranched alkanes of at least 4 members (excludes halogenated alkanes) is 28. The molecule has 0 spiro atoms. The molecule has 0 saturated heterocycles. The molecule has 1 N–H and O–H groups in total. The summed E-state index contributed by atoms with van der Waals surface area (Å²) >= 11 is 0. The van der Waals surface area contributed by atoms with Crippen LogP contribution in [0.2, 0.25) is 0 Å². The Morgan fingerprint density at radius 3 is 0.892 bits per heavy atom. The van der Waals surface area contributed by atoms with Gasteiger partial charge in [-0.15, -0.1) is 0 Å². The van der Waals surface area contributed by atoms with E-state index in [9.17, 15) is 4.79 Å². The van der Waals surface area contributed by atoms with E-state index in [0.29, 0.717) is 0 Å². The molecule has 0 radical (unpaired) electrons. The number of amides is 1. The first-order valence-corrected chi connectivity index (χ1v) is 17.6. The van der Waals surface area contributed by atoms with Crippen LogP contribution < -0.4 is 5.32 Å². The van der Waals surface area contributed by atoms with Crippen LogP contribution in [-0.2, 0) is 4.79 Å². The van der Waals surface area contributed by atoms with Crippen LogP contribution in [0.3, 0.4) is 0 Å². The number of nitrogens with one attached hydrogen (secondary N) is 1. The van der Waals surface area contributed by atoms with E-state index in [2.05, 4.69) is 19.2 Å². The van der Waals surface area contributed by atoms with Gasteiger partial charge in [0.2, 0.25) is 5.91 Å². The van der Waals surface area contributed by atoms with E-state index in [1.54, 1.807) is 0 Å². The molecule has 0 aromatic carbocycles. The van der Waals surface area contributed by atoms with Gasteiger partial charge in [-0.25, -0.2) is 0 Å². The van der Waals surface area contributed by atoms with Crippen molar-refractivity contribution < 1.29 is 4.79 Å². The summed E-state index contributed by atoms with van der Waals surface area (Å²) in [5, 5.41) is 3.14. The van der Waals surface area contributed by atoms with Gasteiger partial charge in [0.25, 0.3) is 0 Å². The fourth-order valence-corrected chi connectivity index (χ4v) is 5.47. The molecule has 0 saturated carbocycles. The van der Waals surface area contributed by atoms with Gasteiger partial charge in [-0.3, -0.25) is 4.79 Å². The largest absolute Gasteiger partial charge is 0.356 e. The van der Waals surface area contributed by atoms with Crippen molar-refractivity contribution in [2.75, 3.05) is 6.54 Å². The lowest BCUT2D eigenvalue weighted by Gasteiger charge is -2.06. The summed E-state index contributed by atoms with van der Waals surface area (Å²) in [5.41, 5.74) is 0. The maximum Gasteiger partial charge on any atom is 0.219 e. The second kappa shape index (κ2) is 33.5. The highest BCUT2D eigenvalue weighted by Gasteiger charge is 2.01. The molecule has 0 fully saturated rings. The maximum absolute atomic E-state index is 12.0. The molecule has 37 heavy (non-hydrogen) atoms. The topological polar surface area (TPSA) is 29.1 Å². The first-order valence-electron chi connectivity index (χ1n) is 17.6. The highest BCUT2D eigenvalue weighted by Crippen LogP contribution is 2.15. The third-order valence-corrected chi connectivity index (χ3v) is 8.11. The van der Waals surface area contributed by atoms with E-state index < -0.39 is 0 Å². The van der Waals surface area contributed by atoms with Crippen molar-refractivity contribution in [3.63, 3.8) is 0 Å². The molecule has 222 valence electrons. The highest BCUT2D eigenvalue weighted by atomic mass is 16.1. The Hall–Kier alpha value is -0.530. The summed E-state index contributed by atoms with van der Waals surface area (Å²) in [6, 6.07) is 0. The second-order valence-electron chi connectivity index (χ2n) is 12.0. The molecule has 0 unspecified atom stereocenters. The van der Waals surface area contributed by atoms with Crippen LogP contribution in [0.5, 0.6) is 0 Å². The van der Waals surface area contributed by atoms with Crippen molar-refractivity contribution in [1.29, 1.82) is 0 Å². The smallest absolute Gasteiger partial charge is 0.219 e. The predicted octanol–water partition coefficient (Wildman–Crippen LogP) is 12.2. The molecular formula is C35H71NO. The molecule has 0 atom stereocenters. The SMILES string of the molecule is CCCCCCCCCCCCCCCCCNC(=O)CCCCCCCCCCCCCCCCC. The third-order valence-electron chi connectivity index (χ3n) is 8.11. The lowest BCUT2D eigenvalue weighted by Crippen LogP contribution is -2.23. The Morgan fingerprint density at radius 2 is 0.595 bits per heavy atom. The fraction of sp³-hybridized carbons (Fsp3) is 0.971. The average Bonchev–Trinajstić information content (AvgIpc) is 2.90. The van der Waals surface area contributed by atoms with Crippen LogP contribution >= 0.6 is 0 Å². The van der Waals surface area contributed by atoms with Crippen LogP contribution in [0.4, 0.5) is 0 Å². The highest BCUT2D eigenvalue weighted by molar-refractivity contribution is 5.75. The van der Waals surface area contributed by atoms with Crippen LogP contribution in [-0.4, -0.2) is 12.5 Å². The monoisotopic (exact) mass is 522 g/mol. The van der Waals surface area contributed by atoms with E-state index in [-0.39, 0.29) is 5.91 Å². The Labute approximate surface area is 235 Å². The lowest BCUT2D eigenvalue weighted by atomic mass is 10.0. The van der Waals surface area contributed by atoms with Crippen molar-refractivity contribution in [2.24, 2.45) is 0 Å². The number of hydrogen-bond donors (Lipinski definition) is 1. The summed E-state index contributed by atoms with van der Waals surface area (Å²) in [4.78, 5) is 12.0. The molecule has 0 aliphatic heterocycles. The van der Waals surface area contributed by atoms with Gasteiger partial charge in [-0.1, -0.05) is 194 Å². The minimum atomic E-state index is 0.278. The third kappa shape index (κ3) is 33.4. The van der Waals surface area contributed by atoms with E-state index in [1.807, 2.05) is 0 Å². The summed E-state index contributed by atoms with van der Waals surface area (Å²) in [6.45, 7) is 5.47. The molecular weight excluding hydrogens is 450 g/mol. The molecule has 0 aromatic rings. The van der Waals surface area contributed by atoms with E-state index in [1.165, 1.54) is 180 Å². The Kier molecular flexibility index (Phi) is 33.0. The van der Waals surface area contributed by atoms with Gasteiger partial charge in [0, 0.05) is 13.0 Å². The molecule has 0 rings (SSSR count). The van der Waals surface area contributed by atoms with Gasteiger partial charge < -0.3 is 5.32 Å². The van der Waals surface area contributed by atoms with E-state index >= 15 is 0 Å². The minimum Gasteiger partial charge on any atom is -0.356 e. The first kappa shape index (κ1) is 36.5. The molecule has 0 bridgehead atoms. The maximum atomic E-state index is 12.0. The fourth-order valence-electron chi connectivity index (χ4n) is 5.47. The molecule has 0 aliphatic carbocycles. The van der Waals surface area contributed by atoms with Gasteiger partial charge in [-0.05, 0) is 12.8 Å². The Balaban J connectivity index is 3.14. The van der Waals surface area contributed by atoms with Gasteiger partial charge in [0.15, 0.2) is 0 Å². The van der Waals surface area contributed by atoms with Crippen molar-refractivity contribution in [3.8, 4) is 0 Å². The zero-order chi connectivity index (χ0) is 26.9. The summed E-state index contributed by atoms with van der Waals surface area (Å²) in [7, 11) is 0. The average molecular weight is 522 g/mol. The van der Waals surface area contributed by atoms with Gasteiger partial charge in [0.05, 0.1) is 0 Å². The summed E-state index contributed by atoms with van der Waals surface area (Å²) < 4.78 is 0. The Bertz CT molecular complexity index is 421. The van der Waals surface area contributed by atoms with Crippen molar-refractivity contribution >= 4 is 5.91 Å². The molecule has 0 aromatic heterocycles. The molecule has 0 aliphatic rings. The van der Waals surface area contributed by atoms with Crippen molar-refractivity contribution in [1.82, 2.24) is 5.32 Å². The number of hydrogen-bond acceptors (Lipinski definition) is 1. The van der Waals surface area contributed by atoms with Crippen molar-refractivity contribution in [2.45, 2.75) is 213 Å². The van der Waals surface area contributed by atoms with Gasteiger partial charge in [0.1, 0.15) is 0 Å². The van der Waals surface area contributed by atoms with Gasteiger partial charge >= 0.3 is 0 Å². The van der Waals surface area contributed by atoms with Crippen molar-refractivity contribution in [3.05, 3.63) is 0 Å². The molecule has 2 nitrogen and oxygen atoms in total. The number of carbonyl (C=O) groups is 1. The number of rotatable bonds is 32. The second-order valence-corrected chi connectivity index (χ2v) is 12.0. The van der Waals surface area contributed by atoms with E-state index in [0.717, 1.165) is 25.8 Å². The summed E-state index contributed by atoms with van der Waals surface area (Å²) in [6.07, 6.45) is 42.3. The Morgan fingerprint density at radius 1 is 0.351 bits per heavy atom. The zero-order valence-electron chi connectivity index (χ0n) is 26.0. The predicted molar refractivity (Wildman–Crippen MR) is 167 cm³/mol.